The fraction of sp³-hybridized carbons (Fsp3) is 0.179. The molecule has 3 aromatic carbocycles. The zero-order valence-corrected chi connectivity index (χ0v) is 19.3. The van der Waals surface area contributed by atoms with Crippen molar-refractivity contribution in [1.29, 1.82) is 0 Å². The molecule has 0 aliphatic carbocycles. The van der Waals surface area contributed by atoms with Crippen LogP contribution in [-0.4, -0.2) is 41.9 Å². The number of hydrogen-bond acceptors (Lipinski definition) is 6. The van der Waals surface area contributed by atoms with Crippen molar-refractivity contribution in [2.24, 2.45) is 0 Å². The molecule has 35 heavy (non-hydrogen) atoms. The van der Waals surface area contributed by atoms with E-state index in [1.807, 2.05) is 89.8 Å². The molecule has 1 aliphatic heterocycles. The van der Waals surface area contributed by atoms with Crippen LogP contribution in [0.25, 0.3) is 10.9 Å². The van der Waals surface area contributed by atoms with E-state index in [2.05, 4.69) is 21.1 Å². The minimum absolute atomic E-state index is 0.149. The van der Waals surface area contributed by atoms with Gasteiger partial charge in [-0.15, -0.1) is 0 Å². The van der Waals surface area contributed by atoms with E-state index in [9.17, 15) is 9.59 Å². The van der Waals surface area contributed by atoms with E-state index in [4.69, 9.17) is 4.74 Å². The summed E-state index contributed by atoms with van der Waals surface area (Å²) in [5.41, 5.74) is 3.00. The summed E-state index contributed by atoms with van der Waals surface area (Å²) in [4.78, 5) is 28.1. The molecule has 1 aromatic heterocycles. The molecule has 2 heterocycles. The van der Waals surface area contributed by atoms with E-state index >= 15 is 0 Å². The monoisotopic (exact) mass is 469 g/mol. The van der Waals surface area contributed by atoms with Crippen LogP contribution in [0.3, 0.4) is 0 Å². The molecule has 1 N–H and O–H groups in total. The number of rotatable bonds is 7. The number of para-hydroxylation sites is 1. The van der Waals surface area contributed by atoms with Crippen molar-refractivity contribution < 1.29 is 19.1 Å². The maximum absolute atomic E-state index is 11.9. The van der Waals surface area contributed by atoms with Gasteiger partial charge >= 0.3 is 0 Å². The van der Waals surface area contributed by atoms with Gasteiger partial charge in [0.15, 0.2) is 0 Å². The molecule has 0 unspecified atom stereocenters. The van der Waals surface area contributed by atoms with Gasteiger partial charge in [-0.05, 0) is 41.5 Å². The van der Waals surface area contributed by atoms with Gasteiger partial charge in [-0.1, -0.05) is 54.6 Å². The summed E-state index contributed by atoms with van der Waals surface area (Å²) in [6, 6.07) is 29.1. The molecule has 7 nitrogen and oxygen atoms in total. The second-order valence-electron chi connectivity index (χ2n) is 7.98. The molecule has 1 fully saturated rings. The molecule has 4 aromatic rings. The summed E-state index contributed by atoms with van der Waals surface area (Å²) in [5.74, 6) is 1.49. The Morgan fingerprint density at radius 1 is 0.914 bits per heavy atom. The molecule has 1 saturated heterocycles. The van der Waals surface area contributed by atoms with Crippen LogP contribution >= 0.6 is 0 Å². The van der Waals surface area contributed by atoms with Crippen molar-refractivity contribution in [3.63, 3.8) is 0 Å². The van der Waals surface area contributed by atoms with E-state index in [0.717, 1.165) is 40.9 Å². The van der Waals surface area contributed by atoms with Crippen LogP contribution in [0.1, 0.15) is 11.1 Å². The highest BCUT2D eigenvalue weighted by atomic mass is 16.5. The second kappa shape index (κ2) is 12.3. The van der Waals surface area contributed by atoms with Crippen molar-refractivity contribution in [1.82, 2.24) is 15.2 Å². The van der Waals surface area contributed by atoms with Gasteiger partial charge in [0.1, 0.15) is 12.4 Å². The number of carbonyl (C=O) groups excluding carboxylic acids is 2. The van der Waals surface area contributed by atoms with Gasteiger partial charge in [0.25, 0.3) is 6.47 Å². The molecule has 178 valence electrons. The first-order valence-electron chi connectivity index (χ1n) is 11.4. The summed E-state index contributed by atoms with van der Waals surface area (Å²) in [5, 5.41) is 4.13. The lowest BCUT2D eigenvalue weighted by molar-refractivity contribution is -0.132. The van der Waals surface area contributed by atoms with Crippen LogP contribution in [-0.2, 0) is 27.5 Å². The van der Waals surface area contributed by atoms with E-state index < -0.39 is 0 Å². The van der Waals surface area contributed by atoms with Crippen molar-refractivity contribution in [2.45, 2.75) is 13.2 Å². The van der Waals surface area contributed by atoms with Crippen LogP contribution in [0.2, 0.25) is 0 Å². The van der Waals surface area contributed by atoms with Gasteiger partial charge < -0.3 is 19.7 Å². The standard InChI is InChI=1S/C20H19N3O2.C8H8O2/c24-20-13-21-10-11-23(20)14-15-6-8-18-16(12-15)7-9-19(22-18)25-17-4-2-1-3-5-17;9-7-10-6-8-4-2-1-3-5-8/h1-9,12,21H,10-11,13-14H2;1-5,7H,6H2. The normalized spacial score (nSPS) is 13.0. The molecule has 1 amide bonds. The van der Waals surface area contributed by atoms with Crippen molar-refractivity contribution in [3.8, 4) is 11.6 Å². The largest absolute Gasteiger partial charge is 0.463 e. The van der Waals surface area contributed by atoms with Crippen LogP contribution < -0.4 is 10.1 Å². The molecule has 0 bridgehead atoms. The Hall–Kier alpha value is -4.23. The lowest BCUT2D eigenvalue weighted by atomic mass is 10.1. The summed E-state index contributed by atoms with van der Waals surface area (Å²) >= 11 is 0. The average molecular weight is 470 g/mol. The minimum Gasteiger partial charge on any atom is -0.463 e. The van der Waals surface area contributed by atoms with E-state index in [-0.39, 0.29) is 5.91 Å². The van der Waals surface area contributed by atoms with E-state index in [1.54, 1.807) is 0 Å². The molecular weight excluding hydrogens is 442 g/mol. The second-order valence-corrected chi connectivity index (χ2v) is 7.98. The van der Waals surface area contributed by atoms with Gasteiger partial charge in [-0.25, -0.2) is 4.98 Å². The molecular formula is C28H27N3O4. The Balaban J connectivity index is 0.000000243. The first kappa shape index (κ1) is 23.9. The summed E-state index contributed by atoms with van der Waals surface area (Å²) in [6.45, 7) is 3.48. The first-order chi connectivity index (χ1) is 17.2. The molecule has 1 aliphatic rings. The summed E-state index contributed by atoms with van der Waals surface area (Å²) in [6.07, 6.45) is 0. The smallest absolute Gasteiger partial charge is 0.293 e. The number of nitrogens with one attached hydrogen (secondary N) is 1. The fourth-order valence-corrected chi connectivity index (χ4v) is 3.66. The highest BCUT2D eigenvalue weighted by molar-refractivity contribution is 5.81. The first-order valence-corrected chi connectivity index (χ1v) is 11.4. The summed E-state index contributed by atoms with van der Waals surface area (Å²) < 4.78 is 10.3. The Labute approximate surface area is 204 Å². The topological polar surface area (TPSA) is 80.8 Å². The maximum Gasteiger partial charge on any atom is 0.293 e. The maximum atomic E-state index is 11.9. The van der Waals surface area contributed by atoms with Crippen LogP contribution in [0.4, 0.5) is 0 Å². The van der Waals surface area contributed by atoms with Crippen LogP contribution in [0, 0.1) is 0 Å². The number of fused-ring (bicyclic) bond motifs is 1. The number of piperazine rings is 1. The predicted molar refractivity (Wildman–Crippen MR) is 134 cm³/mol. The zero-order chi connectivity index (χ0) is 24.3. The number of amides is 1. The van der Waals surface area contributed by atoms with Gasteiger partial charge in [-0.3, -0.25) is 9.59 Å². The lowest BCUT2D eigenvalue weighted by Gasteiger charge is -2.27. The average Bonchev–Trinajstić information content (AvgIpc) is 2.90. The number of pyridine rings is 1. The van der Waals surface area contributed by atoms with Crippen LogP contribution in [0.15, 0.2) is 91.0 Å². The third kappa shape index (κ3) is 7.12. The predicted octanol–water partition coefficient (Wildman–Crippen LogP) is 4.32. The van der Waals surface area contributed by atoms with Gasteiger partial charge in [0, 0.05) is 31.1 Å². The number of nitrogens with zero attached hydrogens (tertiary/aromatic N) is 2. The zero-order valence-electron chi connectivity index (χ0n) is 19.3. The fourth-order valence-electron chi connectivity index (χ4n) is 3.66. The van der Waals surface area contributed by atoms with Gasteiger partial charge in [0.05, 0.1) is 12.1 Å². The third-order valence-corrected chi connectivity index (χ3v) is 5.42. The number of hydrogen-bond donors (Lipinski definition) is 1. The number of ether oxygens (including phenoxy) is 2. The molecule has 0 spiro atoms. The van der Waals surface area contributed by atoms with Crippen molar-refractivity contribution in [3.05, 3.63) is 102 Å². The Bertz CT molecular complexity index is 1250. The number of benzene rings is 3. The molecule has 0 atom stereocenters. The van der Waals surface area contributed by atoms with Gasteiger partial charge in [0.2, 0.25) is 11.8 Å². The minimum atomic E-state index is 0.149. The number of carbonyl (C=O) groups is 2. The molecule has 0 radical (unpaired) electrons. The molecule has 0 saturated carbocycles. The Morgan fingerprint density at radius 2 is 1.69 bits per heavy atom. The lowest BCUT2D eigenvalue weighted by Crippen LogP contribution is -2.47. The van der Waals surface area contributed by atoms with E-state index in [1.165, 1.54) is 0 Å². The molecule has 5 rings (SSSR count). The van der Waals surface area contributed by atoms with E-state index in [0.29, 0.717) is 32.0 Å². The Morgan fingerprint density at radius 3 is 2.43 bits per heavy atom. The highest BCUT2D eigenvalue weighted by Crippen LogP contribution is 2.23. The molecule has 7 heteroatoms. The quantitative estimate of drug-likeness (QED) is 0.406. The Kier molecular flexibility index (Phi) is 8.40. The van der Waals surface area contributed by atoms with Crippen molar-refractivity contribution >= 4 is 23.3 Å². The highest BCUT2D eigenvalue weighted by Gasteiger charge is 2.17. The van der Waals surface area contributed by atoms with Crippen LogP contribution in [0.5, 0.6) is 11.6 Å². The third-order valence-electron chi connectivity index (χ3n) is 5.42. The number of aromatic nitrogens is 1. The van der Waals surface area contributed by atoms with Gasteiger partial charge in [-0.2, -0.15) is 0 Å². The van der Waals surface area contributed by atoms with Crippen molar-refractivity contribution in [2.75, 3.05) is 19.6 Å². The SMILES string of the molecule is O=C1CNCCN1Cc1ccc2nc(Oc3ccccc3)ccc2c1.O=COCc1ccccc1. The summed E-state index contributed by atoms with van der Waals surface area (Å²) in [7, 11) is 0.